The zero-order valence-corrected chi connectivity index (χ0v) is 13.4. The summed E-state index contributed by atoms with van der Waals surface area (Å²) in [4.78, 5) is 16.2. The molecule has 0 aromatic heterocycles. The number of nitrogens with one attached hydrogen (secondary N) is 1. The molecule has 1 fully saturated rings. The van der Waals surface area contributed by atoms with Crippen LogP contribution in [0.4, 0.5) is 10.1 Å². The highest BCUT2D eigenvalue weighted by molar-refractivity contribution is 5.78. The highest BCUT2D eigenvalue weighted by Crippen LogP contribution is 2.16. The van der Waals surface area contributed by atoms with Crippen molar-refractivity contribution in [3.63, 3.8) is 0 Å². The van der Waals surface area contributed by atoms with Gasteiger partial charge in [-0.05, 0) is 37.2 Å². The Morgan fingerprint density at radius 1 is 1.14 bits per heavy atom. The number of hydrogen-bond donors (Lipinski definition) is 1. The summed E-state index contributed by atoms with van der Waals surface area (Å²) in [5.74, 6) is -0.0398. The van der Waals surface area contributed by atoms with Crippen LogP contribution >= 0.6 is 0 Å². The molecule has 1 N–H and O–H groups in total. The zero-order chi connectivity index (χ0) is 15.8. The number of unbranched alkanes of at least 4 members (excludes halogenated alkanes) is 2. The van der Waals surface area contributed by atoms with Gasteiger partial charge in [0.15, 0.2) is 0 Å². The second-order valence-electron chi connectivity index (χ2n) is 5.73. The summed E-state index contributed by atoms with van der Waals surface area (Å²) in [5, 5.41) is 3.22. The van der Waals surface area contributed by atoms with Crippen LogP contribution < -0.4 is 10.2 Å². The molecule has 0 aliphatic carbocycles. The van der Waals surface area contributed by atoms with Gasteiger partial charge < -0.3 is 15.1 Å². The average Bonchev–Trinajstić information content (AvgIpc) is 2.55. The summed E-state index contributed by atoms with van der Waals surface area (Å²) < 4.78 is 12.9. The zero-order valence-electron chi connectivity index (χ0n) is 13.4. The first-order valence-electron chi connectivity index (χ1n) is 8.19. The predicted octanol–water partition coefficient (Wildman–Crippen LogP) is 2.25. The van der Waals surface area contributed by atoms with Crippen molar-refractivity contribution in [2.45, 2.75) is 26.2 Å². The van der Waals surface area contributed by atoms with E-state index in [1.165, 1.54) is 25.0 Å². The van der Waals surface area contributed by atoms with Crippen molar-refractivity contribution in [2.24, 2.45) is 0 Å². The van der Waals surface area contributed by atoms with Crippen LogP contribution in [0, 0.1) is 5.82 Å². The molecule has 1 aromatic carbocycles. The van der Waals surface area contributed by atoms with E-state index in [9.17, 15) is 9.18 Å². The maximum atomic E-state index is 12.9. The summed E-state index contributed by atoms with van der Waals surface area (Å²) in [6.45, 7) is 6.57. The largest absolute Gasteiger partial charge is 0.368 e. The Labute approximate surface area is 132 Å². The summed E-state index contributed by atoms with van der Waals surface area (Å²) in [6, 6.07) is 6.55. The maximum absolute atomic E-state index is 12.9. The van der Waals surface area contributed by atoms with Gasteiger partial charge in [0.05, 0.1) is 6.54 Å². The van der Waals surface area contributed by atoms with E-state index < -0.39 is 0 Å². The van der Waals surface area contributed by atoms with Gasteiger partial charge in [0.1, 0.15) is 5.82 Å². The van der Waals surface area contributed by atoms with Crippen molar-refractivity contribution in [3.8, 4) is 0 Å². The lowest BCUT2D eigenvalue weighted by molar-refractivity contribution is -0.130. The first-order chi connectivity index (χ1) is 10.7. The minimum absolute atomic E-state index is 0.176. The van der Waals surface area contributed by atoms with Crippen molar-refractivity contribution in [2.75, 3.05) is 44.2 Å². The molecule has 5 heteroatoms. The van der Waals surface area contributed by atoms with Gasteiger partial charge in [0.2, 0.25) is 5.91 Å². The lowest BCUT2D eigenvalue weighted by Crippen LogP contribution is -2.50. The first-order valence-corrected chi connectivity index (χ1v) is 8.19. The third-order valence-electron chi connectivity index (χ3n) is 4.06. The molecule has 1 heterocycles. The van der Waals surface area contributed by atoms with Crippen LogP contribution in [0.5, 0.6) is 0 Å². The van der Waals surface area contributed by atoms with Crippen LogP contribution in [0.3, 0.4) is 0 Å². The number of nitrogens with zero attached hydrogens (tertiary/aromatic N) is 2. The van der Waals surface area contributed by atoms with Gasteiger partial charge in [0.25, 0.3) is 0 Å². The molecule has 0 saturated carbocycles. The SMILES string of the molecule is CCCCCNCC(=O)N1CCN(c2ccc(F)cc2)CC1. The van der Waals surface area contributed by atoms with E-state index in [1.807, 2.05) is 4.90 Å². The molecule has 1 saturated heterocycles. The number of carbonyl (C=O) groups is 1. The molecule has 1 amide bonds. The maximum Gasteiger partial charge on any atom is 0.236 e. The fraction of sp³-hybridized carbons (Fsp3) is 0.588. The van der Waals surface area contributed by atoms with Gasteiger partial charge in [-0.2, -0.15) is 0 Å². The molecule has 2 rings (SSSR count). The molecule has 0 bridgehead atoms. The number of benzene rings is 1. The Hall–Kier alpha value is -1.62. The molecular formula is C17H26FN3O. The van der Waals surface area contributed by atoms with E-state index in [-0.39, 0.29) is 11.7 Å². The molecule has 0 atom stereocenters. The summed E-state index contributed by atoms with van der Waals surface area (Å²) in [5.41, 5.74) is 1.02. The van der Waals surface area contributed by atoms with Crippen LogP contribution in [0.1, 0.15) is 26.2 Å². The summed E-state index contributed by atoms with van der Waals surface area (Å²) in [6.07, 6.45) is 3.53. The van der Waals surface area contributed by atoms with E-state index in [4.69, 9.17) is 0 Å². The lowest BCUT2D eigenvalue weighted by atomic mass is 10.2. The lowest BCUT2D eigenvalue weighted by Gasteiger charge is -2.36. The molecule has 1 aliphatic rings. The highest BCUT2D eigenvalue weighted by Gasteiger charge is 2.20. The van der Waals surface area contributed by atoms with E-state index in [1.54, 1.807) is 12.1 Å². The van der Waals surface area contributed by atoms with Crippen molar-refractivity contribution in [1.29, 1.82) is 0 Å². The average molecular weight is 307 g/mol. The van der Waals surface area contributed by atoms with Crippen LogP contribution in [-0.4, -0.2) is 50.1 Å². The van der Waals surface area contributed by atoms with E-state index in [0.717, 1.165) is 44.8 Å². The Morgan fingerprint density at radius 3 is 2.45 bits per heavy atom. The first kappa shape index (κ1) is 16.7. The smallest absolute Gasteiger partial charge is 0.236 e. The fourth-order valence-corrected chi connectivity index (χ4v) is 2.67. The van der Waals surface area contributed by atoms with Crippen molar-refractivity contribution >= 4 is 11.6 Å². The minimum atomic E-state index is -0.216. The van der Waals surface area contributed by atoms with Gasteiger partial charge in [-0.25, -0.2) is 4.39 Å². The fourth-order valence-electron chi connectivity index (χ4n) is 2.67. The summed E-state index contributed by atoms with van der Waals surface area (Å²) in [7, 11) is 0. The van der Waals surface area contributed by atoms with Gasteiger partial charge in [0, 0.05) is 31.9 Å². The monoisotopic (exact) mass is 307 g/mol. The van der Waals surface area contributed by atoms with Crippen LogP contribution in [0.15, 0.2) is 24.3 Å². The third-order valence-corrected chi connectivity index (χ3v) is 4.06. The Morgan fingerprint density at radius 2 is 1.82 bits per heavy atom. The number of halogens is 1. The summed E-state index contributed by atoms with van der Waals surface area (Å²) >= 11 is 0. The van der Waals surface area contributed by atoms with Crippen LogP contribution in [0.25, 0.3) is 0 Å². The molecule has 4 nitrogen and oxygen atoms in total. The molecular weight excluding hydrogens is 281 g/mol. The number of rotatable bonds is 7. The van der Waals surface area contributed by atoms with Crippen molar-refractivity contribution in [1.82, 2.24) is 10.2 Å². The number of piperazine rings is 1. The molecule has 1 aromatic rings. The Balaban J connectivity index is 1.70. The van der Waals surface area contributed by atoms with E-state index in [0.29, 0.717) is 6.54 Å². The topological polar surface area (TPSA) is 35.6 Å². The molecule has 1 aliphatic heterocycles. The van der Waals surface area contributed by atoms with Crippen molar-refractivity contribution < 1.29 is 9.18 Å². The third kappa shape index (κ3) is 4.98. The van der Waals surface area contributed by atoms with Crippen LogP contribution in [0.2, 0.25) is 0 Å². The highest BCUT2D eigenvalue weighted by atomic mass is 19.1. The predicted molar refractivity (Wildman–Crippen MR) is 87.6 cm³/mol. The van der Waals surface area contributed by atoms with Crippen LogP contribution in [-0.2, 0) is 4.79 Å². The second-order valence-corrected chi connectivity index (χ2v) is 5.73. The molecule has 0 spiro atoms. The van der Waals surface area contributed by atoms with Gasteiger partial charge in [-0.15, -0.1) is 0 Å². The molecule has 0 radical (unpaired) electrons. The number of amides is 1. The molecule has 22 heavy (non-hydrogen) atoms. The normalized spacial score (nSPS) is 15.2. The van der Waals surface area contributed by atoms with E-state index in [2.05, 4.69) is 17.1 Å². The molecule has 122 valence electrons. The quantitative estimate of drug-likeness (QED) is 0.785. The minimum Gasteiger partial charge on any atom is -0.368 e. The number of carbonyl (C=O) groups excluding carboxylic acids is 1. The van der Waals surface area contributed by atoms with Gasteiger partial charge in [-0.1, -0.05) is 19.8 Å². The second kappa shape index (κ2) is 8.73. The Bertz CT molecular complexity index is 455. The Kier molecular flexibility index (Phi) is 6.65. The molecule has 0 unspecified atom stereocenters. The van der Waals surface area contributed by atoms with Gasteiger partial charge >= 0.3 is 0 Å². The number of hydrogen-bond acceptors (Lipinski definition) is 3. The van der Waals surface area contributed by atoms with Crippen molar-refractivity contribution in [3.05, 3.63) is 30.1 Å². The number of anilines is 1. The van der Waals surface area contributed by atoms with Gasteiger partial charge in [-0.3, -0.25) is 4.79 Å². The van der Waals surface area contributed by atoms with E-state index >= 15 is 0 Å². The standard InChI is InChI=1S/C17H26FN3O/c1-2-3-4-9-19-14-17(22)21-12-10-20(11-13-21)16-7-5-15(18)6-8-16/h5-8,19H,2-4,9-14H2,1H3.